The number of ketones is 1. The molecule has 1 amide bonds. The van der Waals surface area contributed by atoms with Crippen molar-refractivity contribution in [2.75, 3.05) is 11.4 Å². The van der Waals surface area contributed by atoms with Crippen molar-refractivity contribution in [1.29, 1.82) is 0 Å². The van der Waals surface area contributed by atoms with Crippen molar-refractivity contribution in [3.05, 3.63) is 65.5 Å². The Kier molecular flexibility index (Phi) is 3.36. The van der Waals surface area contributed by atoms with Crippen LogP contribution in [0.25, 0.3) is 6.08 Å². The van der Waals surface area contributed by atoms with Crippen LogP contribution in [-0.4, -0.2) is 23.2 Å². The molecule has 0 saturated carbocycles. The van der Waals surface area contributed by atoms with Crippen LogP contribution in [0.5, 0.6) is 0 Å². The second-order valence-corrected chi connectivity index (χ2v) is 4.90. The van der Waals surface area contributed by atoms with Gasteiger partial charge in [-0.1, -0.05) is 12.1 Å². The molecule has 0 radical (unpaired) electrons. The van der Waals surface area contributed by atoms with Gasteiger partial charge in [-0.05, 0) is 35.9 Å². The number of nitrogens with zero attached hydrogens (tertiary/aromatic N) is 2. The van der Waals surface area contributed by atoms with Crippen molar-refractivity contribution in [1.82, 2.24) is 4.98 Å². The zero-order chi connectivity index (χ0) is 14.8. The number of carbonyl (C=O) groups excluding carboxylic acids is 2. The highest BCUT2D eigenvalue weighted by Crippen LogP contribution is 2.30. The number of carbonyl (C=O) groups is 2. The average molecular weight is 278 g/mol. The lowest BCUT2D eigenvalue weighted by molar-refractivity contribution is -0.116. The molecule has 1 aromatic heterocycles. The number of anilines is 1. The van der Waals surface area contributed by atoms with Crippen LogP contribution < -0.4 is 4.90 Å². The van der Waals surface area contributed by atoms with Gasteiger partial charge >= 0.3 is 0 Å². The summed E-state index contributed by atoms with van der Waals surface area (Å²) in [5.41, 5.74) is 2.76. The molecule has 1 aromatic carbocycles. The van der Waals surface area contributed by atoms with Gasteiger partial charge in [0.25, 0.3) is 0 Å². The lowest BCUT2D eigenvalue weighted by Crippen LogP contribution is -2.37. The molecule has 0 aliphatic carbocycles. The van der Waals surface area contributed by atoms with Crippen molar-refractivity contribution in [2.45, 2.75) is 6.92 Å². The minimum Gasteiger partial charge on any atom is -0.307 e. The first-order chi connectivity index (χ1) is 10.2. The number of aromatic nitrogens is 1. The SMILES string of the molecule is CC(=O)N1CC(=Cc2ccncc2)C(=O)c2ccccc21. The Morgan fingerprint density at radius 1 is 1.19 bits per heavy atom. The van der Waals surface area contributed by atoms with E-state index in [0.29, 0.717) is 23.4 Å². The molecule has 0 unspecified atom stereocenters. The predicted molar refractivity (Wildman–Crippen MR) is 81.0 cm³/mol. The van der Waals surface area contributed by atoms with E-state index < -0.39 is 0 Å². The van der Waals surface area contributed by atoms with E-state index in [1.54, 1.807) is 29.4 Å². The Balaban J connectivity index is 2.08. The van der Waals surface area contributed by atoms with Crippen LogP contribution in [-0.2, 0) is 4.79 Å². The Morgan fingerprint density at radius 2 is 1.90 bits per heavy atom. The summed E-state index contributed by atoms with van der Waals surface area (Å²) in [5.74, 6) is -0.101. The largest absolute Gasteiger partial charge is 0.307 e. The first kappa shape index (κ1) is 13.2. The topological polar surface area (TPSA) is 50.3 Å². The smallest absolute Gasteiger partial charge is 0.224 e. The second kappa shape index (κ2) is 5.32. The van der Waals surface area contributed by atoms with Crippen molar-refractivity contribution in [3.63, 3.8) is 0 Å². The van der Waals surface area contributed by atoms with E-state index in [2.05, 4.69) is 4.98 Å². The summed E-state index contributed by atoms with van der Waals surface area (Å²) in [7, 11) is 0. The number of Topliss-reactive ketones (excluding diaryl/α,β-unsaturated/α-hetero) is 1. The van der Waals surface area contributed by atoms with Gasteiger partial charge in [-0.15, -0.1) is 0 Å². The zero-order valence-electron chi connectivity index (χ0n) is 11.6. The summed E-state index contributed by atoms with van der Waals surface area (Å²) >= 11 is 0. The third kappa shape index (κ3) is 2.48. The van der Waals surface area contributed by atoms with Crippen molar-refractivity contribution >= 4 is 23.5 Å². The molecule has 104 valence electrons. The van der Waals surface area contributed by atoms with Gasteiger partial charge in [-0.3, -0.25) is 14.6 Å². The Bertz CT molecular complexity index is 735. The van der Waals surface area contributed by atoms with Crippen LogP contribution in [0.3, 0.4) is 0 Å². The minimum absolute atomic E-state index is 0.0279. The molecular weight excluding hydrogens is 264 g/mol. The first-order valence-electron chi connectivity index (χ1n) is 6.69. The number of para-hydroxylation sites is 1. The Morgan fingerprint density at radius 3 is 2.62 bits per heavy atom. The highest BCUT2D eigenvalue weighted by Gasteiger charge is 2.28. The molecule has 0 fully saturated rings. The number of hydrogen-bond donors (Lipinski definition) is 0. The maximum Gasteiger partial charge on any atom is 0.224 e. The highest BCUT2D eigenvalue weighted by atomic mass is 16.2. The quantitative estimate of drug-likeness (QED) is 0.754. The highest BCUT2D eigenvalue weighted by molar-refractivity contribution is 6.19. The molecule has 2 aromatic rings. The molecule has 1 aliphatic rings. The summed E-state index contributed by atoms with van der Waals surface area (Å²) in [5, 5.41) is 0. The predicted octanol–water partition coefficient (Wildman–Crippen LogP) is 2.71. The fraction of sp³-hybridized carbons (Fsp3) is 0.118. The van der Waals surface area contributed by atoms with Gasteiger partial charge < -0.3 is 4.90 Å². The molecule has 0 spiro atoms. The third-order valence-corrected chi connectivity index (χ3v) is 3.49. The van der Waals surface area contributed by atoms with E-state index in [4.69, 9.17) is 0 Å². The summed E-state index contributed by atoms with van der Waals surface area (Å²) < 4.78 is 0. The monoisotopic (exact) mass is 278 g/mol. The number of rotatable bonds is 1. The molecule has 2 heterocycles. The van der Waals surface area contributed by atoms with E-state index in [1.807, 2.05) is 30.3 Å². The van der Waals surface area contributed by atoms with E-state index >= 15 is 0 Å². The summed E-state index contributed by atoms with van der Waals surface area (Å²) in [4.78, 5) is 30.0. The van der Waals surface area contributed by atoms with Gasteiger partial charge in [0.15, 0.2) is 5.78 Å². The van der Waals surface area contributed by atoms with Gasteiger partial charge in [0.2, 0.25) is 5.91 Å². The van der Waals surface area contributed by atoms with Gasteiger partial charge in [0.05, 0.1) is 12.2 Å². The van der Waals surface area contributed by atoms with E-state index in [0.717, 1.165) is 5.56 Å². The third-order valence-electron chi connectivity index (χ3n) is 3.49. The standard InChI is InChI=1S/C17H14N2O2/c1-12(20)19-11-14(10-13-6-8-18-9-7-13)17(21)15-4-2-3-5-16(15)19/h2-10H,11H2,1H3. The zero-order valence-corrected chi connectivity index (χ0v) is 11.6. The first-order valence-corrected chi connectivity index (χ1v) is 6.69. The van der Waals surface area contributed by atoms with Crippen LogP contribution in [0.4, 0.5) is 5.69 Å². The molecule has 21 heavy (non-hydrogen) atoms. The van der Waals surface area contributed by atoms with Crippen LogP contribution in [0.15, 0.2) is 54.4 Å². The van der Waals surface area contributed by atoms with Gasteiger partial charge in [-0.2, -0.15) is 0 Å². The number of hydrogen-bond acceptors (Lipinski definition) is 3. The van der Waals surface area contributed by atoms with Crippen LogP contribution in [0.2, 0.25) is 0 Å². The maximum atomic E-state index is 12.6. The van der Waals surface area contributed by atoms with Gasteiger partial charge in [0.1, 0.15) is 0 Å². The lowest BCUT2D eigenvalue weighted by atomic mass is 9.94. The van der Waals surface area contributed by atoms with Crippen LogP contribution >= 0.6 is 0 Å². The number of pyridine rings is 1. The van der Waals surface area contributed by atoms with Crippen LogP contribution in [0, 0.1) is 0 Å². The van der Waals surface area contributed by atoms with Gasteiger partial charge in [-0.25, -0.2) is 0 Å². The van der Waals surface area contributed by atoms with E-state index in [1.165, 1.54) is 6.92 Å². The van der Waals surface area contributed by atoms with E-state index in [9.17, 15) is 9.59 Å². The minimum atomic E-state index is -0.0735. The molecule has 0 N–H and O–H groups in total. The fourth-order valence-electron chi connectivity index (χ4n) is 2.45. The molecule has 0 atom stereocenters. The molecule has 0 bridgehead atoms. The number of fused-ring (bicyclic) bond motifs is 1. The summed E-state index contributed by atoms with van der Waals surface area (Å²) in [6, 6.07) is 10.9. The number of benzene rings is 1. The molecule has 4 heteroatoms. The van der Waals surface area contributed by atoms with E-state index in [-0.39, 0.29) is 11.7 Å². The molecule has 0 saturated heterocycles. The average Bonchev–Trinajstić information content (AvgIpc) is 2.51. The fourth-order valence-corrected chi connectivity index (χ4v) is 2.45. The summed E-state index contributed by atoms with van der Waals surface area (Å²) in [6.45, 7) is 1.81. The van der Waals surface area contributed by atoms with Crippen molar-refractivity contribution < 1.29 is 9.59 Å². The van der Waals surface area contributed by atoms with Crippen LogP contribution in [0.1, 0.15) is 22.8 Å². The van der Waals surface area contributed by atoms with Crippen molar-refractivity contribution in [2.24, 2.45) is 0 Å². The number of amides is 1. The normalized spacial score (nSPS) is 16.0. The van der Waals surface area contributed by atoms with Gasteiger partial charge in [0, 0.05) is 30.5 Å². The second-order valence-electron chi connectivity index (χ2n) is 4.90. The molecular formula is C17H14N2O2. The molecule has 4 nitrogen and oxygen atoms in total. The molecule has 1 aliphatic heterocycles. The van der Waals surface area contributed by atoms with Crippen molar-refractivity contribution in [3.8, 4) is 0 Å². The Hall–Kier alpha value is -2.75. The molecule has 3 rings (SSSR count). The maximum absolute atomic E-state index is 12.6. The summed E-state index contributed by atoms with van der Waals surface area (Å²) in [6.07, 6.45) is 5.17. The Labute approximate surface area is 122 Å². The lowest BCUT2D eigenvalue weighted by Gasteiger charge is -2.29.